The Kier molecular flexibility index (Phi) is 4.67. The molecule has 0 N–H and O–H groups in total. The van der Waals surface area contributed by atoms with E-state index in [2.05, 4.69) is 0 Å². The second kappa shape index (κ2) is 6.33. The number of thiophene rings is 1. The van der Waals surface area contributed by atoms with Gasteiger partial charge in [0.2, 0.25) is 10.0 Å². The van der Waals surface area contributed by atoms with Crippen molar-refractivity contribution >= 4 is 33.0 Å². The average Bonchev–Trinajstić information content (AvgIpc) is 3.17. The van der Waals surface area contributed by atoms with Crippen molar-refractivity contribution in [3.8, 4) is 0 Å². The van der Waals surface area contributed by atoms with Crippen molar-refractivity contribution in [3.05, 3.63) is 51.2 Å². The van der Waals surface area contributed by atoms with Crippen LogP contribution in [0.1, 0.15) is 29.3 Å². The van der Waals surface area contributed by atoms with Crippen LogP contribution in [-0.2, 0) is 16.2 Å². The van der Waals surface area contributed by atoms with E-state index in [0.717, 1.165) is 17.0 Å². The summed E-state index contributed by atoms with van der Waals surface area (Å²) in [5.41, 5.74) is -1.14. The van der Waals surface area contributed by atoms with Gasteiger partial charge in [-0.05, 0) is 42.5 Å². The zero-order valence-electron chi connectivity index (χ0n) is 12.3. The molecule has 0 bridgehead atoms. The van der Waals surface area contributed by atoms with Crippen molar-refractivity contribution in [2.45, 2.75) is 30.0 Å². The standard InChI is InChI=1S/C15H13ClF3NO2S2/c16-12-6-5-10(9-11(12)15(17,18)19)24(21,22)20-7-1-3-13(20)14-4-2-8-23-14/h2,4-6,8-9,13H,1,3,7H2. The third-order valence-corrected chi connectivity index (χ3v) is 7.13. The van der Waals surface area contributed by atoms with E-state index in [0.29, 0.717) is 18.9 Å². The molecule has 0 spiro atoms. The number of hydrogen-bond acceptors (Lipinski definition) is 3. The molecule has 3 rings (SSSR count). The molecule has 1 unspecified atom stereocenters. The Morgan fingerprint density at radius 1 is 1.25 bits per heavy atom. The van der Waals surface area contributed by atoms with Crippen molar-refractivity contribution in [2.75, 3.05) is 6.54 Å². The monoisotopic (exact) mass is 395 g/mol. The molecule has 0 aliphatic carbocycles. The number of nitrogens with zero attached hydrogens (tertiary/aromatic N) is 1. The summed E-state index contributed by atoms with van der Waals surface area (Å²) in [5.74, 6) is 0. The summed E-state index contributed by atoms with van der Waals surface area (Å²) in [6.45, 7) is 0.287. The molecule has 130 valence electrons. The maximum Gasteiger partial charge on any atom is 0.417 e. The molecule has 2 aromatic rings. The summed E-state index contributed by atoms with van der Waals surface area (Å²) in [6, 6.07) is 6.05. The maximum absolute atomic E-state index is 13.0. The fourth-order valence-corrected chi connectivity index (χ4v) is 5.68. The number of rotatable bonds is 3. The van der Waals surface area contributed by atoms with Crippen LogP contribution < -0.4 is 0 Å². The van der Waals surface area contributed by atoms with Crippen LogP contribution in [0.15, 0.2) is 40.6 Å². The van der Waals surface area contributed by atoms with E-state index in [9.17, 15) is 21.6 Å². The van der Waals surface area contributed by atoms with Crippen LogP contribution in [0.2, 0.25) is 5.02 Å². The lowest BCUT2D eigenvalue weighted by Crippen LogP contribution is -2.30. The molecule has 1 atom stereocenters. The van der Waals surface area contributed by atoms with Crippen LogP contribution in [0.25, 0.3) is 0 Å². The van der Waals surface area contributed by atoms with Crippen LogP contribution in [-0.4, -0.2) is 19.3 Å². The van der Waals surface area contributed by atoms with Crippen LogP contribution in [0.5, 0.6) is 0 Å². The van der Waals surface area contributed by atoms with Gasteiger partial charge in [0.05, 0.1) is 21.5 Å². The van der Waals surface area contributed by atoms with Gasteiger partial charge in [0, 0.05) is 11.4 Å². The van der Waals surface area contributed by atoms with Gasteiger partial charge >= 0.3 is 6.18 Å². The molecule has 1 aromatic carbocycles. The Morgan fingerprint density at radius 2 is 2.00 bits per heavy atom. The molecular formula is C15H13ClF3NO2S2. The molecule has 9 heteroatoms. The Balaban J connectivity index is 2.02. The van der Waals surface area contributed by atoms with Crippen LogP contribution >= 0.6 is 22.9 Å². The normalized spacial score (nSPS) is 19.8. The first kappa shape index (κ1) is 17.7. The summed E-state index contributed by atoms with van der Waals surface area (Å²) >= 11 is 7.01. The third kappa shape index (κ3) is 3.20. The van der Waals surface area contributed by atoms with E-state index in [-0.39, 0.29) is 17.5 Å². The molecule has 0 radical (unpaired) electrons. The molecule has 1 aromatic heterocycles. The molecule has 0 saturated carbocycles. The summed E-state index contributed by atoms with van der Waals surface area (Å²) in [7, 11) is -4.03. The summed E-state index contributed by atoms with van der Waals surface area (Å²) in [6.07, 6.45) is -3.39. The molecule has 1 saturated heterocycles. The number of sulfonamides is 1. The Bertz CT molecular complexity index is 835. The molecule has 1 aliphatic heterocycles. The molecule has 1 aliphatic rings. The molecular weight excluding hydrogens is 383 g/mol. The lowest BCUT2D eigenvalue weighted by atomic mass is 10.2. The quantitative estimate of drug-likeness (QED) is 0.737. The molecule has 1 fully saturated rings. The summed E-state index contributed by atoms with van der Waals surface area (Å²) < 4.78 is 66.0. The average molecular weight is 396 g/mol. The minimum atomic E-state index is -4.71. The van der Waals surface area contributed by atoms with Crippen LogP contribution in [0, 0.1) is 0 Å². The van der Waals surface area contributed by atoms with Gasteiger partial charge in [-0.2, -0.15) is 17.5 Å². The van der Waals surface area contributed by atoms with E-state index >= 15 is 0 Å². The van der Waals surface area contributed by atoms with E-state index < -0.39 is 26.8 Å². The first-order valence-electron chi connectivity index (χ1n) is 7.13. The van der Waals surface area contributed by atoms with Gasteiger partial charge in [0.15, 0.2) is 0 Å². The highest BCUT2D eigenvalue weighted by Gasteiger charge is 2.39. The Labute approximate surface area is 146 Å². The molecule has 0 amide bonds. The van der Waals surface area contributed by atoms with Gasteiger partial charge in [0.25, 0.3) is 0 Å². The SMILES string of the molecule is O=S(=O)(c1ccc(Cl)c(C(F)(F)F)c1)N1CCCC1c1cccs1. The number of alkyl halides is 3. The van der Waals surface area contributed by atoms with E-state index in [1.165, 1.54) is 15.6 Å². The van der Waals surface area contributed by atoms with Crippen molar-refractivity contribution in [2.24, 2.45) is 0 Å². The molecule has 24 heavy (non-hydrogen) atoms. The van der Waals surface area contributed by atoms with Crippen molar-refractivity contribution in [1.82, 2.24) is 4.31 Å². The van der Waals surface area contributed by atoms with Crippen LogP contribution in [0.3, 0.4) is 0 Å². The van der Waals surface area contributed by atoms with Crippen molar-refractivity contribution in [1.29, 1.82) is 0 Å². The first-order valence-corrected chi connectivity index (χ1v) is 9.83. The van der Waals surface area contributed by atoms with Gasteiger partial charge < -0.3 is 0 Å². The lowest BCUT2D eigenvalue weighted by Gasteiger charge is -2.24. The van der Waals surface area contributed by atoms with E-state index in [1.54, 1.807) is 0 Å². The van der Waals surface area contributed by atoms with Crippen molar-refractivity contribution < 1.29 is 21.6 Å². The lowest BCUT2D eigenvalue weighted by molar-refractivity contribution is -0.137. The van der Waals surface area contributed by atoms with Gasteiger partial charge in [-0.3, -0.25) is 0 Å². The topological polar surface area (TPSA) is 37.4 Å². The summed E-state index contributed by atoms with van der Waals surface area (Å²) in [4.78, 5) is 0.503. The smallest absolute Gasteiger partial charge is 0.207 e. The van der Waals surface area contributed by atoms with E-state index in [1.807, 2.05) is 17.5 Å². The fourth-order valence-electron chi connectivity index (χ4n) is 2.81. The molecule has 3 nitrogen and oxygen atoms in total. The Hall–Kier alpha value is -1.09. The van der Waals surface area contributed by atoms with Gasteiger partial charge in [-0.25, -0.2) is 8.42 Å². The second-order valence-corrected chi connectivity index (χ2v) is 8.71. The zero-order chi connectivity index (χ0) is 17.5. The van der Waals surface area contributed by atoms with Crippen LogP contribution in [0.4, 0.5) is 13.2 Å². The highest BCUT2D eigenvalue weighted by atomic mass is 35.5. The predicted octanol–water partition coefficient (Wildman–Crippen LogP) is 4.95. The van der Waals surface area contributed by atoms with Gasteiger partial charge in [-0.15, -0.1) is 11.3 Å². The minimum absolute atomic E-state index is 0.287. The zero-order valence-corrected chi connectivity index (χ0v) is 14.6. The van der Waals surface area contributed by atoms with E-state index in [4.69, 9.17) is 11.6 Å². The molecule has 2 heterocycles. The predicted molar refractivity (Wildman–Crippen MR) is 86.6 cm³/mol. The highest BCUT2D eigenvalue weighted by Crippen LogP contribution is 2.40. The van der Waals surface area contributed by atoms with Gasteiger partial charge in [0.1, 0.15) is 0 Å². The van der Waals surface area contributed by atoms with Crippen molar-refractivity contribution in [3.63, 3.8) is 0 Å². The first-order chi connectivity index (χ1) is 11.2. The largest absolute Gasteiger partial charge is 0.417 e. The fraction of sp³-hybridized carbons (Fsp3) is 0.333. The van der Waals surface area contributed by atoms with Gasteiger partial charge in [-0.1, -0.05) is 17.7 Å². The number of benzene rings is 1. The second-order valence-electron chi connectivity index (χ2n) is 5.43. The summed E-state index contributed by atoms with van der Waals surface area (Å²) in [5, 5.41) is 1.33. The minimum Gasteiger partial charge on any atom is -0.207 e. The third-order valence-electron chi connectivity index (χ3n) is 3.93. The number of hydrogen-bond donors (Lipinski definition) is 0. The highest BCUT2D eigenvalue weighted by molar-refractivity contribution is 7.89. The Morgan fingerprint density at radius 3 is 2.62 bits per heavy atom. The number of halogens is 4. The maximum atomic E-state index is 13.0.